The van der Waals surface area contributed by atoms with Crippen molar-refractivity contribution < 1.29 is 14.0 Å². The molecule has 27 heavy (non-hydrogen) atoms. The number of aromatic nitrogens is 2. The van der Waals surface area contributed by atoms with Gasteiger partial charge in [-0.05, 0) is 60.5 Å². The highest BCUT2D eigenvalue weighted by atomic mass is 32.1. The number of nitrogens with one attached hydrogen (secondary N) is 2. The molecule has 0 bridgehead atoms. The van der Waals surface area contributed by atoms with Crippen molar-refractivity contribution in [3.8, 4) is 0 Å². The minimum absolute atomic E-state index is 0.202. The Balaban J connectivity index is 1.69. The topological polar surface area (TPSA) is 76.0 Å². The van der Waals surface area contributed by atoms with Gasteiger partial charge in [-0.15, -0.1) is 0 Å². The lowest BCUT2D eigenvalue weighted by molar-refractivity contribution is -0.136. The van der Waals surface area contributed by atoms with E-state index in [2.05, 4.69) is 15.7 Å². The van der Waals surface area contributed by atoms with Gasteiger partial charge in [0.05, 0.1) is 11.7 Å². The second kappa shape index (κ2) is 8.13. The first-order valence-corrected chi connectivity index (χ1v) is 9.28. The lowest BCUT2D eigenvalue weighted by atomic mass is 10.1. The van der Waals surface area contributed by atoms with Crippen molar-refractivity contribution in [1.82, 2.24) is 15.1 Å². The molecule has 0 fully saturated rings. The minimum Gasteiger partial charge on any atom is -0.345 e. The Morgan fingerprint density at radius 2 is 2.04 bits per heavy atom. The quantitative estimate of drug-likeness (QED) is 0.662. The van der Waals surface area contributed by atoms with Crippen LogP contribution in [0.4, 0.5) is 10.1 Å². The van der Waals surface area contributed by atoms with Gasteiger partial charge < -0.3 is 10.6 Å². The normalized spacial score (nSPS) is 11.8. The number of carbonyl (C=O) groups is 2. The second-order valence-corrected chi connectivity index (χ2v) is 6.90. The first-order valence-electron chi connectivity index (χ1n) is 8.33. The smallest absolute Gasteiger partial charge is 0.313 e. The van der Waals surface area contributed by atoms with E-state index in [0.717, 1.165) is 23.0 Å². The van der Waals surface area contributed by atoms with Crippen LogP contribution in [0.15, 0.2) is 47.2 Å². The van der Waals surface area contributed by atoms with Crippen molar-refractivity contribution in [3.05, 3.63) is 69.9 Å². The molecule has 1 unspecified atom stereocenters. The predicted octanol–water partition coefficient (Wildman–Crippen LogP) is 3.04. The van der Waals surface area contributed by atoms with Gasteiger partial charge >= 0.3 is 11.8 Å². The summed E-state index contributed by atoms with van der Waals surface area (Å²) in [7, 11) is 0. The van der Waals surface area contributed by atoms with Crippen molar-refractivity contribution in [3.63, 3.8) is 0 Å². The number of halogens is 1. The minimum atomic E-state index is -0.849. The van der Waals surface area contributed by atoms with E-state index < -0.39 is 17.6 Å². The molecule has 0 saturated heterocycles. The number of nitrogens with zero attached hydrogens (tertiary/aromatic N) is 2. The number of carbonyl (C=O) groups excluding carboxylic acids is 2. The first-order chi connectivity index (χ1) is 12.9. The fourth-order valence-electron chi connectivity index (χ4n) is 2.80. The molecule has 2 N–H and O–H groups in total. The number of amides is 2. The van der Waals surface area contributed by atoms with Crippen LogP contribution in [0.1, 0.15) is 23.0 Å². The Morgan fingerprint density at radius 3 is 2.67 bits per heavy atom. The molecule has 0 aliphatic heterocycles. The van der Waals surface area contributed by atoms with E-state index in [4.69, 9.17) is 0 Å². The molecule has 2 heterocycles. The number of benzene rings is 1. The maximum absolute atomic E-state index is 13.2. The molecule has 0 radical (unpaired) electrons. The van der Waals surface area contributed by atoms with E-state index in [1.807, 2.05) is 41.4 Å². The monoisotopic (exact) mass is 386 g/mol. The number of hydrogen-bond acceptors (Lipinski definition) is 4. The van der Waals surface area contributed by atoms with Crippen molar-refractivity contribution in [2.75, 3.05) is 11.9 Å². The van der Waals surface area contributed by atoms with Gasteiger partial charge in [0.25, 0.3) is 0 Å². The average Bonchev–Trinajstić information content (AvgIpc) is 3.25. The van der Waals surface area contributed by atoms with Gasteiger partial charge in [0.2, 0.25) is 0 Å². The number of hydrogen-bond donors (Lipinski definition) is 2. The molecule has 3 aromatic rings. The van der Waals surface area contributed by atoms with Crippen LogP contribution in [0.2, 0.25) is 0 Å². The van der Waals surface area contributed by atoms with E-state index in [1.165, 1.54) is 18.2 Å². The molecule has 1 atom stereocenters. The van der Waals surface area contributed by atoms with Crippen LogP contribution >= 0.6 is 11.3 Å². The summed E-state index contributed by atoms with van der Waals surface area (Å²) in [5.74, 6) is -2.13. The van der Waals surface area contributed by atoms with Crippen LogP contribution in [0.25, 0.3) is 0 Å². The van der Waals surface area contributed by atoms with Crippen LogP contribution in [0, 0.1) is 19.7 Å². The lowest BCUT2D eigenvalue weighted by Gasteiger charge is -2.19. The van der Waals surface area contributed by atoms with Crippen LogP contribution in [0.3, 0.4) is 0 Å². The van der Waals surface area contributed by atoms with Crippen LogP contribution in [0.5, 0.6) is 0 Å². The third-order valence-electron chi connectivity index (χ3n) is 4.01. The molecular formula is C19H19FN4O2S. The van der Waals surface area contributed by atoms with Gasteiger partial charge in [-0.2, -0.15) is 16.4 Å². The lowest BCUT2D eigenvalue weighted by Crippen LogP contribution is -2.39. The molecule has 140 valence electrons. The van der Waals surface area contributed by atoms with E-state index in [0.29, 0.717) is 0 Å². The Labute approximate surface area is 160 Å². The van der Waals surface area contributed by atoms with Crippen molar-refractivity contribution in [2.45, 2.75) is 19.9 Å². The largest absolute Gasteiger partial charge is 0.345 e. The SMILES string of the molecule is Cc1cc(C)n(C(CNC(=O)C(=O)Nc2cccc(F)c2)c2ccsc2)n1. The first kappa shape index (κ1) is 18.8. The summed E-state index contributed by atoms with van der Waals surface area (Å²) in [6, 6.07) is 9.07. The number of aryl methyl sites for hydroxylation is 2. The molecule has 0 aliphatic carbocycles. The van der Waals surface area contributed by atoms with Crippen molar-refractivity contribution >= 4 is 28.8 Å². The maximum Gasteiger partial charge on any atom is 0.313 e. The van der Waals surface area contributed by atoms with E-state index in [-0.39, 0.29) is 18.3 Å². The third kappa shape index (κ3) is 4.59. The van der Waals surface area contributed by atoms with Crippen LogP contribution < -0.4 is 10.6 Å². The van der Waals surface area contributed by atoms with Gasteiger partial charge in [-0.1, -0.05) is 6.07 Å². The third-order valence-corrected chi connectivity index (χ3v) is 4.71. The molecule has 2 aromatic heterocycles. The molecule has 1 aromatic carbocycles. The number of thiophene rings is 1. The Kier molecular flexibility index (Phi) is 5.66. The van der Waals surface area contributed by atoms with Crippen LogP contribution in [-0.4, -0.2) is 28.1 Å². The predicted molar refractivity (Wildman–Crippen MR) is 102 cm³/mol. The van der Waals surface area contributed by atoms with Gasteiger partial charge in [0.15, 0.2) is 0 Å². The molecule has 0 saturated carbocycles. The summed E-state index contributed by atoms with van der Waals surface area (Å²) in [6.07, 6.45) is 0. The molecule has 0 aliphatic rings. The Hall–Kier alpha value is -3.00. The molecule has 0 spiro atoms. The standard InChI is InChI=1S/C19H19FN4O2S/c1-12-8-13(2)24(23-12)17(14-6-7-27-11-14)10-21-18(25)19(26)22-16-5-3-4-15(20)9-16/h3-9,11,17H,10H2,1-2H3,(H,21,25)(H,22,26). The maximum atomic E-state index is 13.2. The fraction of sp³-hybridized carbons (Fsp3) is 0.211. The second-order valence-electron chi connectivity index (χ2n) is 6.12. The Morgan fingerprint density at radius 1 is 1.22 bits per heavy atom. The molecule has 8 heteroatoms. The number of rotatable bonds is 5. The van der Waals surface area contributed by atoms with Gasteiger partial charge in [0.1, 0.15) is 5.82 Å². The fourth-order valence-corrected chi connectivity index (χ4v) is 3.50. The molecular weight excluding hydrogens is 367 g/mol. The van der Waals surface area contributed by atoms with E-state index in [9.17, 15) is 14.0 Å². The van der Waals surface area contributed by atoms with Gasteiger partial charge in [-0.3, -0.25) is 14.3 Å². The van der Waals surface area contributed by atoms with Gasteiger partial charge in [-0.25, -0.2) is 4.39 Å². The average molecular weight is 386 g/mol. The molecule has 2 amide bonds. The highest BCUT2D eigenvalue weighted by Crippen LogP contribution is 2.22. The van der Waals surface area contributed by atoms with Crippen molar-refractivity contribution in [2.24, 2.45) is 0 Å². The van der Waals surface area contributed by atoms with Crippen molar-refractivity contribution in [1.29, 1.82) is 0 Å². The highest BCUT2D eigenvalue weighted by molar-refractivity contribution is 7.08. The zero-order chi connectivity index (χ0) is 19.4. The summed E-state index contributed by atoms with van der Waals surface area (Å²) in [6.45, 7) is 4.05. The zero-order valence-corrected chi connectivity index (χ0v) is 15.7. The van der Waals surface area contributed by atoms with Crippen LogP contribution in [-0.2, 0) is 9.59 Å². The van der Waals surface area contributed by atoms with E-state index >= 15 is 0 Å². The summed E-state index contributed by atoms with van der Waals surface area (Å²) in [4.78, 5) is 24.2. The Bertz CT molecular complexity index is 953. The van der Waals surface area contributed by atoms with E-state index in [1.54, 1.807) is 11.3 Å². The zero-order valence-electron chi connectivity index (χ0n) is 14.9. The summed E-state index contributed by atoms with van der Waals surface area (Å²) in [5.41, 5.74) is 3.06. The molecule has 3 rings (SSSR count). The van der Waals surface area contributed by atoms with Gasteiger partial charge in [0, 0.05) is 17.9 Å². The molecule has 6 nitrogen and oxygen atoms in total. The summed E-state index contributed by atoms with van der Waals surface area (Å²) < 4.78 is 15.0. The summed E-state index contributed by atoms with van der Waals surface area (Å²) in [5, 5.41) is 13.5. The number of anilines is 1. The summed E-state index contributed by atoms with van der Waals surface area (Å²) >= 11 is 1.55. The highest BCUT2D eigenvalue weighted by Gasteiger charge is 2.21.